The predicted octanol–water partition coefficient (Wildman–Crippen LogP) is 5.33. The quantitative estimate of drug-likeness (QED) is 0.0683. The molecule has 12 heteroatoms. The molecule has 2 aromatic carbocycles. The van der Waals surface area contributed by atoms with Crippen molar-refractivity contribution in [2.45, 2.75) is 12.8 Å². The Morgan fingerprint density at radius 2 is 1.79 bits per heavy atom. The Balaban J connectivity index is 1.61. The summed E-state index contributed by atoms with van der Waals surface area (Å²) in [6.45, 7) is -0.214. The SMILES string of the molecule is COc1cc(C(=O)Oc2ccc(-c3cc(=S)ss3)cc2)ccc1OC(=O)CCCO[N+](=O)[O-]. The highest BCUT2D eigenvalue weighted by Crippen LogP contribution is 2.31. The van der Waals surface area contributed by atoms with Crippen LogP contribution >= 0.6 is 32.9 Å². The molecule has 9 nitrogen and oxygen atoms in total. The van der Waals surface area contributed by atoms with Crippen molar-refractivity contribution in [1.82, 2.24) is 0 Å². The Hall–Kier alpha value is -3.35. The second-order valence-electron chi connectivity index (χ2n) is 6.41. The van der Waals surface area contributed by atoms with Crippen molar-refractivity contribution in [2.24, 2.45) is 0 Å². The van der Waals surface area contributed by atoms with Crippen LogP contribution in [0.5, 0.6) is 17.2 Å². The van der Waals surface area contributed by atoms with Gasteiger partial charge in [-0.25, -0.2) is 4.79 Å². The molecule has 3 rings (SSSR count). The first-order valence-corrected chi connectivity index (χ1v) is 12.0. The van der Waals surface area contributed by atoms with Crippen molar-refractivity contribution < 1.29 is 33.7 Å². The van der Waals surface area contributed by atoms with E-state index in [9.17, 15) is 19.7 Å². The third kappa shape index (κ3) is 7.07. The summed E-state index contributed by atoms with van der Waals surface area (Å²) in [6, 6.07) is 13.2. The number of benzene rings is 2. The van der Waals surface area contributed by atoms with Gasteiger partial charge in [-0.2, -0.15) is 0 Å². The second-order valence-corrected chi connectivity index (χ2v) is 9.32. The molecule has 0 aliphatic carbocycles. The van der Waals surface area contributed by atoms with E-state index < -0.39 is 17.0 Å². The molecule has 0 fully saturated rings. The van der Waals surface area contributed by atoms with Crippen LogP contribution < -0.4 is 14.2 Å². The van der Waals surface area contributed by atoms with Crippen molar-refractivity contribution in [1.29, 1.82) is 0 Å². The van der Waals surface area contributed by atoms with Crippen LogP contribution in [0.15, 0.2) is 48.5 Å². The lowest BCUT2D eigenvalue weighted by atomic mass is 10.2. The van der Waals surface area contributed by atoms with Gasteiger partial charge in [0.05, 0.1) is 19.3 Å². The van der Waals surface area contributed by atoms with Crippen LogP contribution in [0.3, 0.4) is 0 Å². The molecule has 0 unspecified atom stereocenters. The fraction of sp³-hybridized carbons (Fsp3) is 0.190. The lowest BCUT2D eigenvalue weighted by Gasteiger charge is -2.11. The molecule has 0 saturated carbocycles. The maximum absolute atomic E-state index is 12.5. The average molecular weight is 508 g/mol. The summed E-state index contributed by atoms with van der Waals surface area (Å²) in [7, 11) is 4.47. The molecule has 0 aliphatic heterocycles. The van der Waals surface area contributed by atoms with Crippen LogP contribution in [0.4, 0.5) is 0 Å². The van der Waals surface area contributed by atoms with Crippen LogP contribution in [0, 0.1) is 13.9 Å². The van der Waals surface area contributed by atoms with E-state index >= 15 is 0 Å². The Morgan fingerprint density at radius 3 is 2.42 bits per heavy atom. The first-order valence-electron chi connectivity index (χ1n) is 9.44. The number of carbonyl (C=O) groups is 2. The van der Waals surface area contributed by atoms with Crippen LogP contribution in [-0.4, -0.2) is 30.7 Å². The van der Waals surface area contributed by atoms with E-state index in [-0.39, 0.29) is 36.5 Å². The van der Waals surface area contributed by atoms with Gasteiger partial charge in [0.25, 0.3) is 5.09 Å². The molecule has 0 amide bonds. The molecule has 0 saturated heterocycles. The summed E-state index contributed by atoms with van der Waals surface area (Å²) in [5, 5.41) is 9.18. The molecule has 0 atom stereocenters. The molecule has 1 aromatic heterocycles. The van der Waals surface area contributed by atoms with E-state index in [1.807, 2.05) is 18.2 Å². The van der Waals surface area contributed by atoms with Crippen molar-refractivity contribution in [3.63, 3.8) is 0 Å². The number of rotatable bonds is 10. The van der Waals surface area contributed by atoms with Gasteiger partial charge >= 0.3 is 11.9 Å². The molecule has 0 radical (unpaired) electrons. The van der Waals surface area contributed by atoms with Gasteiger partial charge in [-0.05, 0) is 60.5 Å². The normalized spacial score (nSPS) is 10.3. The number of nitrogens with zero attached hydrogens (tertiary/aromatic N) is 1. The topological polar surface area (TPSA) is 114 Å². The molecule has 0 N–H and O–H groups in total. The highest BCUT2D eigenvalue weighted by atomic mass is 32.9. The fourth-order valence-electron chi connectivity index (χ4n) is 2.63. The average Bonchev–Trinajstić information content (AvgIpc) is 3.23. The van der Waals surface area contributed by atoms with Gasteiger partial charge in [0.1, 0.15) is 9.57 Å². The van der Waals surface area contributed by atoms with Gasteiger partial charge in [-0.1, -0.05) is 32.9 Å². The fourth-order valence-corrected chi connectivity index (χ4v) is 5.04. The Kier molecular flexibility index (Phi) is 8.46. The zero-order valence-electron chi connectivity index (χ0n) is 17.2. The van der Waals surface area contributed by atoms with Crippen molar-refractivity contribution in [3.05, 3.63) is 68.0 Å². The third-order valence-electron chi connectivity index (χ3n) is 4.16. The molecule has 0 aliphatic rings. The minimum Gasteiger partial charge on any atom is -0.493 e. The largest absolute Gasteiger partial charge is 0.493 e. The van der Waals surface area contributed by atoms with Gasteiger partial charge in [0, 0.05) is 11.3 Å². The van der Waals surface area contributed by atoms with E-state index in [1.54, 1.807) is 22.5 Å². The van der Waals surface area contributed by atoms with E-state index in [0.29, 0.717) is 5.75 Å². The molecule has 0 spiro atoms. The molecule has 33 heavy (non-hydrogen) atoms. The summed E-state index contributed by atoms with van der Waals surface area (Å²) in [4.78, 5) is 39.7. The molecule has 3 aromatic rings. The van der Waals surface area contributed by atoms with E-state index in [1.165, 1.54) is 35.6 Å². The van der Waals surface area contributed by atoms with E-state index in [4.69, 9.17) is 26.4 Å². The lowest BCUT2D eigenvalue weighted by Crippen LogP contribution is -2.12. The third-order valence-corrected chi connectivity index (χ3v) is 7.07. The van der Waals surface area contributed by atoms with E-state index in [0.717, 1.165) is 14.3 Å². The minimum absolute atomic E-state index is 0.0866. The smallest absolute Gasteiger partial charge is 0.343 e. The van der Waals surface area contributed by atoms with E-state index in [2.05, 4.69) is 4.84 Å². The maximum atomic E-state index is 12.5. The summed E-state index contributed by atoms with van der Waals surface area (Å²) in [6.07, 6.45) is 0.0312. The Bertz CT molecular complexity index is 1200. The minimum atomic E-state index is -0.929. The summed E-state index contributed by atoms with van der Waals surface area (Å²) in [5.41, 5.74) is 1.18. The Labute approximate surface area is 200 Å². The summed E-state index contributed by atoms with van der Waals surface area (Å²) in [5.74, 6) is -0.591. The van der Waals surface area contributed by atoms with Gasteiger partial charge in [-0.15, -0.1) is 10.1 Å². The van der Waals surface area contributed by atoms with Crippen LogP contribution in [0.25, 0.3) is 10.4 Å². The number of esters is 2. The zero-order valence-corrected chi connectivity index (χ0v) is 19.6. The van der Waals surface area contributed by atoms with Crippen molar-refractivity contribution >= 4 is 44.8 Å². The standard InChI is InChI=1S/C21H17NO8S3/c1-27-17-11-14(6-9-16(17)30-19(23)3-2-10-28-22(25)26)21(24)29-15-7-4-13(5-8-15)18-12-20(31)33-32-18/h4-9,11-12H,2-3,10H2,1H3. The first kappa shape index (κ1) is 24.3. The number of hydrogen-bond donors (Lipinski definition) is 0. The highest BCUT2D eigenvalue weighted by Gasteiger charge is 2.16. The van der Waals surface area contributed by atoms with Crippen LogP contribution in [0.2, 0.25) is 0 Å². The highest BCUT2D eigenvalue weighted by molar-refractivity contribution is 7.80. The van der Waals surface area contributed by atoms with Crippen molar-refractivity contribution in [2.75, 3.05) is 13.7 Å². The molecule has 172 valence electrons. The second kappa shape index (κ2) is 11.5. The van der Waals surface area contributed by atoms with Crippen LogP contribution in [0.1, 0.15) is 23.2 Å². The number of methoxy groups -OCH3 is 1. The lowest BCUT2D eigenvalue weighted by molar-refractivity contribution is -0.757. The molecule has 1 heterocycles. The predicted molar refractivity (Wildman–Crippen MR) is 124 cm³/mol. The van der Waals surface area contributed by atoms with Gasteiger partial charge < -0.3 is 19.0 Å². The number of hydrogen-bond acceptors (Lipinski definition) is 11. The summed E-state index contributed by atoms with van der Waals surface area (Å²) < 4.78 is 16.6. The number of carbonyl (C=O) groups excluding carboxylic acids is 2. The first-order chi connectivity index (χ1) is 15.9. The van der Waals surface area contributed by atoms with Gasteiger partial charge in [0.15, 0.2) is 11.5 Å². The summed E-state index contributed by atoms with van der Waals surface area (Å²) >= 11 is 5.15. The maximum Gasteiger partial charge on any atom is 0.343 e. The number of ether oxygens (including phenoxy) is 3. The van der Waals surface area contributed by atoms with Gasteiger partial charge in [-0.3, -0.25) is 4.79 Å². The van der Waals surface area contributed by atoms with Gasteiger partial charge in [0.2, 0.25) is 0 Å². The monoisotopic (exact) mass is 507 g/mol. The Morgan fingerprint density at radius 1 is 1.03 bits per heavy atom. The molecular weight excluding hydrogens is 490 g/mol. The van der Waals surface area contributed by atoms with Crippen molar-refractivity contribution in [3.8, 4) is 27.7 Å². The molecule has 0 bridgehead atoms. The zero-order chi connectivity index (χ0) is 23.8. The van der Waals surface area contributed by atoms with Crippen LogP contribution in [-0.2, 0) is 9.63 Å². The molecular formula is C21H17NO8S3.